The summed E-state index contributed by atoms with van der Waals surface area (Å²) >= 11 is 0. The number of allylic oxidation sites excluding steroid dienone is 1. The van der Waals surface area contributed by atoms with Gasteiger partial charge in [-0.3, -0.25) is 0 Å². The number of fused-ring (bicyclic) bond motifs is 1. The molecule has 2 aliphatic rings. The summed E-state index contributed by atoms with van der Waals surface area (Å²) < 4.78 is 11.5. The van der Waals surface area contributed by atoms with Crippen molar-refractivity contribution in [1.82, 2.24) is 0 Å². The third-order valence-corrected chi connectivity index (χ3v) is 3.24. The maximum atomic E-state index is 9.96. The highest BCUT2D eigenvalue weighted by Gasteiger charge is 2.47. The van der Waals surface area contributed by atoms with Crippen molar-refractivity contribution in [3.63, 3.8) is 0 Å². The predicted molar refractivity (Wildman–Crippen MR) is 58.8 cm³/mol. The van der Waals surface area contributed by atoms with Crippen LogP contribution in [0.3, 0.4) is 0 Å². The zero-order valence-corrected chi connectivity index (χ0v) is 9.80. The normalized spacial score (nSPS) is 44.5. The lowest BCUT2D eigenvalue weighted by atomic mass is 9.89. The van der Waals surface area contributed by atoms with Crippen LogP contribution in [0.15, 0.2) is 12.2 Å². The van der Waals surface area contributed by atoms with Crippen LogP contribution < -0.4 is 0 Å². The Morgan fingerprint density at radius 3 is 2.69 bits per heavy atom. The zero-order chi connectivity index (χ0) is 11.8. The van der Waals surface area contributed by atoms with E-state index in [0.29, 0.717) is 0 Å². The van der Waals surface area contributed by atoms with Gasteiger partial charge in [-0.1, -0.05) is 12.2 Å². The fourth-order valence-electron chi connectivity index (χ4n) is 2.46. The molecule has 1 aliphatic carbocycles. The third-order valence-electron chi connectivity index (χ3n) is 3.24. The molecule has 4 nitrogen and oxygen atoms in total. The van der Waals surface area contributed by atoms with Gasteiger partial charge in [0.25, 0.3) is 0 Å². The summed E-state index contributed by atoms with van der Waals surface area (Å²) in [6.07, 6.45) is 4.17. The number of ether oxygens (including phenoxy) is 2. The Hall–Kier alpha value is -0.420. The first kappa shape index (κ1) is 12.0. The van der Waals surface area contributed by atoms with Crippen LogP contribution in [0.4, 0.5) is 0 Å². The lowest BCUT2D eigenvalue weighted by Crippen LogP contribution is -2.40. The molecule has 0 amide bonds. The van der Waals surface area contributed by atoms with Gasteiger partial charge in [0.05, 0.1) is 6.10 Å². The van der Waals surface area contributed by atoms with Gasteiger partial charge in [-0.2, -0.15) is 0 Å². The van der Waals surface area contributed by atoms with Gasteiger partial charge in [-0.15, -0.1) is 0 Å². The topological polar surface area (TPSA) is 58.9 Å². The van der Waals surface area contributed by atoms with Crippen molar-refractivity contribution in [2.24, 2.45) is 5.92 Å². The maximum absolute atomic E-state index is 9.96. The van der Waals surface area contributed by atoms with Gasteiger partial charge in [-0.25, -0.2) is 0 Å². The fraction of sp³-hybridized carbons (Fsp3) is 0.833. The summed E-state index contributed by atoms with van der Waals surface area (Å²) in [5, 5.41) is 19.3. The summed E-state index contributed by atoms with van der Waals surface area (Å²) in [4.78, 5) is 0. The first-order valence-electron chi connectivity index (χ1n) is 5.85. The summed E-state index contributed by atoms with van der Waals surface area (Å²) in [6.45, 7) is 3.74. The lowest BCUT2D eigenvalue weighted by Gasteiger charge is -2.28. The smallest absolute Gasteiger partial charge is 0.163 e. The van der Waals surface area contributed by atoms with Gasteiger partial charge in [0.2, 0.25) is 0 Å². The second-order valence-corrected chi connectivity index (χ2v) is 5.00. The molecule has 2 rings (SSSR count). The van der Waals surface area contributed by atoms with Crippen molar-refractivity contribution in [2.75, 3.05) is 6.61 Å². The van der Waals surface area contributed by atoms with Crippen LogP contribution in [0.25, 0.3) is 0 Å². The zero-order valence-electron chi connectivity index (χ0n) is 9.80. The second kappa shape index (κ2) is 4.45. The third kappa shape index (κ3) is 2.30. The summed E-state index contributed by atoms with van der Waals surface area (Å²) in [5.41, 5.74) is 0. The number of hydrogen-bond donors (Lipinski definition) is 2. The van der Waals surface area contributed by atoms with Gasteiger partial charge < -0.3 is 19.7 Å². The second-order valence-electron chi connectivity index (χ2n) is 5.00. The monoisotopic (exact) mass is 228 g/mol. The van der Waals surface area contributed by atoms with E-state index in [0.717, 1.165) is 12.8 Å². The van der Waals surface area contributed by atoms with Crippen LogP contribution in [-0.4, -0.2) is 40.9 Å². The number of rotatable bonds is 1. The molecule has 1 heterocycles. The minimum absolute atomic E-state index is 0.0337. The molecule has 0 bridgehead atoms. The molecular formula is C12H20O4. The molecule has 1 saturated heterocycles. The molecule has 2 N–H and O–H groups in total. The van der Waals surface area contributed by atoms with Gasteiger partial charge in [0.15, 0.2) is 5.79 Å². The molecule has 1 fully saturated rings. The van der Waals surface area contributed by atoms with E-state index in [1.165, 1.54) is 0 Å². The molecule has 92 valence electrons. The van der Waals surface area contributed by atoms with Crippen molar-refractivity contribution in [1.29, 1.82) is 0 Å². The quantitative estimate of drug-likeness (QED) is 0.653. The van der Waals surface area contributed by atoms with E-state index in [4.69, 9.17) is 9.47 Å². The van der Waals surface area contributed by atoms with Crippen molar-refractivity contribution >= 4 is 0 Å². The van der Waals surface area contributed by atoms with Crippen LogP contribution >= 0.6 is 0 Å². The molecule has 4 atom stereocenters. The van der Waals surface area contributed by atoms with Crippen LogP contribution in [0.2, 0.25) is 0 Å². The summed E-state index contributed by atoms with van der Waals surface area (Å²) in [7, 11) is 0. The standard InChI is InChI=1S/C12H20O4/c1-12(2)15-10-8(7-13)5-3-4-6-9(14)11(10)16-12/h4,6,8-11,13-14H,3,5,7H2,1-2H3/b6-4-/t8-,9-,10+,11-/m1/s1. The van der Waals surface area contributed by atoms with Crippen LogP contribution in [0.5, 0.6) is 0 Å². The van der Waals surface area contributed by atoms with Gasteiger partial charge in [0.1, 0.15) is 12.2 Å². The molecule has 16 heavy (non-hydrogen) atoms. The van der Waals surface area contributed by atoms with E-state index in [1.807, 2.05) is 19.9 Å². The first-order chi connectivity index (χ1) is 7.53. The Balaban J connectivity index is 2.22. The minimum atomic E-state index is -0.679. The highest BCUT2D eigenvalue weighted by atomic mass is 16.8. The van der Waals surface area contributed by atoms with E-state index < -0.39 is 11.9 Å². The van der Waals surface area contributed by atoms with Gasteiger partial charge >= 0.3 is 0 Å². The van der Waals surface area contributed by atoms with Gasteiger partial charge in [0, 0.05) is 12.5 Å². The van der Waals surface area contributed by atoms with E-state index in [-0.39, 0.29) is 24.7 Å². The molecule has 4 heteroatoms. The maximum Gasteiger partial charge on any atom is 0.163 e. The SMILES string of the molecule is CC1(C)O[C@H]2[C@@H](CO)CC/C=C\[C@@H](O)[C@H]2O1. The van der Waals surface area contributed by atoms with Crippen LogP contribution in [-0.2, 0) is 9.47 Å². The van der Waals surface area contributed by atoms with E-state index in [1.54, 1.807) is 6.08 Å². The van der Waals surface area contributed by atoms with E-state index >= 15 is 0 Å². The van der Waals surface area contributed by atoms with Crippen molar-refractivity contribution in [3.05, 3.63) is 12.2 Å². The Kier molecular flexibility index (Phi) is 3.35. The number of aliphatic hydroxyl groups excluding tert-OH is 2. The minimum Gasteiger partial charge on any atom is -0.396 e. The molecule has 0 aromatic heterocycles. The fourth-order valence-corrected chi connectivity index (χ4v) is 2.46. The summed E-state index contributed by atoms with van der Waals surface area (Å²) in [6, 6.07) is 0. The molecule has 0 saturated carbocycles. The van der Waals surface area contributed by atoms with Gasteiger partial charge in [-0.05, 0) is 26.7 Å². The predicted octanol–water partition coefficient (Wildman–Crippen LogP) is 0.826. The first-order valence-corrected chi connectivity index (χ1v) is 5.85. The molecule has 0 aromatic rings. The number of hydrogen-bond acceptors (Lipinski definition) is 4. The van der Waals surface area contributed by atoms with Crippen molar-refractivity contribution in [3.8, 4) is 0 Å². The van der Waals surface area contributed by atoms with Crippen LogP contribution in [0, 0.1) is 5.92 Å². The molecule has 1 aliphatic heterocycles. The average molecular weight is 228 g/mol. The van der Waals surface area contributed by atoms with Crippen molar-refractivity contribution < 1.29 is 19.7 Å². The number of aliphatic hydroxyl groups is 2. The molecule has 0 radical (unpaired) electrons. The average Bonchev–Trinajstić information content (AvgIpc) is 2.52. The Morgan fingerprint density at radius 1 is 1.31 bits per heavy atom. The summed E-state index contributed by atoms with van der Waals surface area (Å²) in [5.74, 6) is -0.645. The Bertz CT molecular complexity index is 274. The molecule has 0 spiro atoms. The highest BCUT2D eigenvalue weighted by molar-refractivity contribution is 5.02. The highest BCUT2D eigenvalue weighted by Crippen LogP contribution is 2.36. The Labute approximate surface area is 95.9 Å². The molecule has 0 aromatic carbocycles. The molecule has 0 unspecified atom stereocenters. The Morgan fingerprint density at radius 2 is 2.00 bits per heavy atom. The van der Waals surface area contributed by atoms with Crippen molar-refractivity contribution in [2.45, 2.75) is 50.8 Å². The van der Waals surface area contributed by atoms with E-state index in [9.17, 15) is 10.2 Å². The lowest BCUT2D eigenvalue weighted by molar-refractivity contribution is -0.156. The van der Waals surface area contributed by atoms with E-state index in [2.05, 4.69) is 0 Å². The largest absolute Gasteiger partial charge is 0.396 e. The molecular weight excluding hydrogens is 208 g/mol. The van der Waals surface area contributed by atoms with Crippen LogP contribution in [0.1, 0.15) is 26.7 Å².